The Hall–Kier alpha value is -7.24. The number of rotatable bonds is 3. The third kappa shape index (κ3) is 4.02. The molecule has 12 rings (SSSR count). The molecule has 0 aliphatic carbocycles. The van der Waals surface area contributed by atoms with Crippen LogP contribution >= 0.6 is 0 Å². The molecule has 0 aliphatic rings. The largest absolute Gasteiger partial charge is 0.452 e. The van der Waals surface area contributed by atoms with E-state index in [1.807, 2.05) is 18.2 Å². The summed E-state index contributed by atoms with van der Waals surface area (Å²) >= 11 is 0. The van der Waals surface area contributed by atoms with Crippen molar-refractivity contribution in [3.63, 3.8) is 0 Å². The van der Waals surface area contributed by atoms with Crippen LogP contribution < -0.4 is 0 Å². The minimum atomic E-state index is 0.604. The van der Waals surface area contributed by atoms with E-state index in [1.165, 1.54) is 38.0 Å². The van der Waals surface area contributed by atoms with Crippen molar-refractivity contribution in [2.75, 3.05) is 0 Å². The number of para-hydroxylation sites is 2. The van der Waals surface area contributed by atoms with Gasteiger partial charge in [0.25, 0.3) is 0 Å². The third-order valence-electron chi connectivity index (χ3n) is 10.9. The zero-order chi connectivity index (χ0) is 34.6. The second kappa shape index (κ2) is 10.6. The van der Waals surface area contributed by atoms with Gasteiger partial charge >= 0.3 is 0 Å². The van der Waals surface area contributed by atoms with Gasteiger partial charge in [-0.05, 0) is 70.1 Å². The molecule has 53 heavy (non-hydrogen) atoms. The van der Waals surface area contributed by atoms with Crippen molar-refractivity contribution in [1.82, 2.24) is 19.1 Å². The van der Waals surface area contributed by atoms with Crippen molar-refractivity contribution in [3.8, 4) is 22.9 Å². The first kappa shape index (κ1) is 28.5. The van der Waals surface area contributed by atoms with Crippen LogP contribution in [0.15, 0.2) is 174 Å². The summed E-state index contributed by atoms with van der Waals surface area (Å²) < 4.78 is 11.3. The summed E-state index contributed by atoms with van der Waals surface area (Å²) in [6, 6.07) is 60.2. The number of nitrogens with zero attached hydrogens (tertiary/aromatic N) is 4. The minimum absolute atomic E-state index is 0.604. The van der Waals surface area contributed by atoms with Gasteiger partial charge in [0, 0.05) is 38.2 Å². The molecule has 5 nitrogen and oxygen atoms in total. The molecule has 0 fully saturated rings. The monoisotopic (exact) mass is 676 g/mol. The molecule has 0 atom stereocenters. The molecule has 0 spiro atoms. The number of furan rings is 1. The van der Waals surface area contributed by atoms with Crippen LogP contribution in [-0.4, -0.2) is 19.1 Å². The first-order valence-corrected chi connectivity index (χ1v) is 17.9. The smallest absolute Gasteiger partial charge is 0.236 e. The second-order valence-electron chi connectivity index (χ2n) is 13.8. The molecule has 0 unspecified atom stereocenters. The molecule has 5 heteroatoms. The number of fused-ring (bicyclic) bond motifs is 12. The van der Waals surface area contributed by atoms with Crippen LogP contribution in [0.4, 0.5) is 0 Å². The van der Waals surface area contributed by atoms with Gasteiger partial charge in [0.2, 0.25) is 5.95 Å². The maximum absolute atomic E-state index is 6.64. The molecule has 0 bridgehead atoms. The summed E-state index contributed by atoms with van der Waals surface area (Å²) in [5, 5.41) is 10.4. The Balaban J connectivity index is 1.21. The van der Waals surface area contributed by atoms with E-state index >= 15 is 0 Å². The highest BCUT2D eigenvalue weighted by molar-refractivity contribution is 6.22. The Morgan fingerprint density at radius 3 is 1.81 bits per heavy atom. The summed E-state index contributed by atoms with van der Waals surface area (Å²) in [6.07, 6.45) is 0. The Bertz CT molecular complexity index is 3410. The molecule has 12 aromatic rings. The fourth-order valence-electron chi connectivity index (χ4n) is 8.54. The van der Waals surface area contributed by atoms with Gasteiger partial charge in [0.15, 0.2) is 5.58 Å². The van der Waals surface area contributed by atoms with Gasteiger partial charge in [0.05, 0.1) is 22.1 Å². The Kier molecular flexibility index (Phi) is 5.71. The molecule has 0 saturated carbocycles. The third-order valence-corrected chi connectivity index (χ3v) is 10.9. The molecule has 0 aliphatic heterocycles. The van der Waals surface area contributed by atoms with Crippen LogP contribution in [0.5, 0.6) is 0 Å². The SMILES string of the molecule is c1ccc(-c2nc(-n3c4ccc(-n5c6ccccc6c6ccccc65)cc4c4c5ccccc5ccc43)nc3c2oc2cc4ccccc4cc23)cc1. The maximum Gasteiger partial charge on any atom is 0.236 e. The molecule has 4 aromatic heterocycles. The predicted molar refractivity (Wildman–Crippen MR) is 218 cm³/mol. The fraction of sp³-hybridized carbons (Fsp3) is 0. The van der Waals surface area contributed by atoms with E-state index in [0.29, 0.717) is 11.5 Å². The number of hydrogen-bond donors (Lipinski definition) is 0. The Labute approximate surface area is 302 Å². The first-order valence-electron chi connectivity index (χ1n) is 17.9. The number of aromatic nitrogens is 4. The lowest BCUT2D eigenvalue weighted by Gasteiger charge is -2.11. The van der Waals surface area contributed by atoms with Crippen LogP contribution in [0, 0.1) is 0 Å². The standard InChI is InChI=1S/C48H28N4O/c1-2-13-30(14-3-1)45-47-46(38-26-31-15-4-5-16-32(31)27-43(38)53-47)50-48(49-45)52-41-25-23-33(28-37(41)44-34-17-7-6-12-29(34)22-24-42(44)52)51-39-20-10-8-18-35(39)36-19-9-11-21-40(36)51/h1-28H. The van der Waals surface area contributed by atoms with Gasteiger partial charge < -0.3 is 8.98 Å². The maximum atomic E-state index is 6.64. The lowest BCUT2D eigenvalue weighted by molar-refractivity contribution is 0.667. The van der Waals surface area contributed by atoms with Gasteiger partial charge in [-0.3, -0.25) is 4.57 Å². The van der Waals surface area contributed by atoms with Gasteiger partial charge in [-0.2, -0.15) is 0 Å². The van der Waals surface area contributed by atoms with E-state index in [1.54, 1.807) is 0 Å². The van der Waals surface area contributed by atoms with Gasteiger partial charge in [-0.15, -0.1) is 0 Å². The zero-order valence-corrected chi connectivity index (χ0v) is 28.4. The van der Waals surface area contributed by atoms with Crippen molar-refractivity contribution >= 4 is 87.2 Å². The van der Waals surface area contributed by atoms with Crippen LogP contribution in [0.2, 0.25) is 0 Å². The van der Waals surface area contributed by atoms with E-state index in [2.05, 4.69) is 161 Å². The van der Waals surface area contributed by atoms with Crippen molar-refractivity contribution in [2.45, 2.75) is 0 Å². The van der Waals surface area contributed by atoms with Crippen LogP contribution in [-0.2, 0) is 0 Å². The van der Waals surface area contributed by atoms with Gasteiger partial charge in [0.1, 0.15) is 16.8 Å². The van der Waals surface area contributed by atoms with Crippen LogP contribution in [0.3, 0.4) is 0 Å². The van der Waals surface area contributed by atoms with Gasteiger partial charge in [-0.25, -0.2) is 9.97 Å². The molecule has 8 aromatic carbocycles. The summed E-state index contributed by atoms with van der Waals surface area (Å²) in [5.74, 6) is 0.604. The highest BCUT2D eigenvalue weighted by Crippen LogP contribution is 2.41. The Morgan fingerprint density at radius 2 is 1.04 bits per heavy atom. The molecular formula is C48H28N4O. The second-order valence-corrected chi connectivity index (χ2v) is 13.8. The van der Waals surface area contributed by atoms with Crippen LogP contribution in [0.1, 0.15) is 0 Å². The normalized spacial score (nSPS) is 12.2. The van der Waals surface area contributed by atoms with E-state index in [4.69, 9.17) is 14.4 Å². The molecule has 0 amide bonds. The van der Waals surface area contributed by atoms with Crippen molar-refractivity contribution in [3.05, 3.63) is 170 Å². The first-order chi connectivity index (χ1) is 26.3. The van der Waals surface area contributed by atoms with Crippen molar-refractivity contribution in [2.24, 2.45) is 0 Å². The average molecular weight is 677 g/mol. The van der Waals surface area contributed by atoms with Gasteiger partial charge in [-0.1, -0.05) is 121 Å². The summed E-state index contributed by atoms with van der Waals surface area (Å²) in [7, 11) is 0. The lowest BCUT2D eigenvalue weighted by atomic mass is 10.0. The predicted octanol–water partition coefficient (Wildman–Crippen LogP) is 12.5. The van der Waals surface area contributed by atoms with Crippen LogP contribution in [0.25, 0.3) is 110 Å². The summed E-state index contributed by atoms with van der Waals surface area (Å²) in [6.45, 7) is 0. The molecule has 0 radical (unpaired) electrons. The summed E-state index contributed by atoms with van der Waals surface area (Å²) in [5.41, 5.74) is 9.59. The highest BCUT2D eigenvalue weighted by atomic mass is 16.3. The molecule has 0 saturated heterocycles. The molecule has 0 N–H and O–H groups in total. The molecular weight excluding hydrogens is 649 g/mol. The molecule has 4 heterocycles. The number of hydrogen-bond acceptors (Lipinski definition) is 3. The zero-order valence-electron chi connectivity index (χ0n) is 28.4. The van der Waals surface area contributed by atoms with E-state index < -0.39 is 0 Å². The van der Waals surface area contributed by atoms with Crippen molar-refractivity contribution < 1.29 is 4.42 Å². The average Bonchev–Trinajstić information content (AvgIpc) is 3.87. The fourth-order valence-corrected chi connectivity index (χ4v) is 8.54. The minimum Gasteiger partial charge on any atom is -0.452 e. The van der Waals surface area contributed by atoms with E-state index in [-0.39, 0.29) is 0 Å². The lowest BCUT2D eigenvalue weighted by Crippen LogP contribution is -2.03. The highest BCUT2D eigenvalue weighted by Gasteiger charge is 2.23. The quantitative estimate of drug-likeness (QED) is 0.187. The summed E-state index contributed by atoms with van der Waals surface area (Å²) in [4.78, 5) is 10.8. The molecule has 246 valence electrons. The Morgan fingerprint density at radius 1 is 0.415 bits per heavy atom. The topological polar surface area (TPSA) is 48.8 Å². The van der Waals surface area contributed by atoms with Crippen molar-refractivity contribution in [1.29, 1.82) is 0 Å². The van der Waals surface area contributed by atoms with E-state index in [9.17, 15) is 0 Å². The number of benzene rings is 8. The van der Waals surface area contributed by atoms with E-state index in [0.717, 1.165) is 60.6 Å².